The lowest BCUT2D eigenvalue weighted by Crippen LogP contribution is -2.75. The van der Waals surface area contributed by atoms with E-state index in [-0.39, 0.29) is 41.2 Å². The Labute approximate surface area is 214 Å². The minimum Gasteiger partial charge on any atom is -0.443 e. The molecule has 3 aliphatic rings. The highest BCUT2D eigenvalue weighted by molar-refractivity contribution is 6.20. The minimum atomic E-state index is -1.86. The van der Waals surface area contributed by atoms with Crippen LogP contribution in [0, 0.1) is 22.9 Å². The third kappa shape index (κ3) is 3.36. The van der Waals surface area contributed by atoms with Crippen molar-refractivity contribution in [1.82, 2.24) is 15.6 Å². The number of fused-ring (bicyclic) bond motifs is 4. The molecule has 4 heterocycles. The van der Waals surface area contributed by atoms with Crippen molar-refractivity contribution in [3.05, 3.63) is 59.7 Å². The van der Waals surface area contributed by atoms with E-state index in [0.29, 0.717) is 5.56 Å². The summed E-state index contributed by atoms with van der Waals surface area (Å²) in [5, 5.41) is 4.30. The normalized spacial score (nSPS) is 24.1. The number of carbonyl (C=O) groups is 3. The number of hydrogen-bond donors (Lipinski definition) is 2. The van der Waals surface area contributed by atoms with Gasteiger partial charge in [0.25, 0.3) is 0 Å². The summed E-state index contributed by atoms with van der Waals surface area (Å²) in [7, 11) is 0. The largest absolute Gasteiger partial charge is 0.443 e. The van der Waals surface area contributed by atoms with E-state index in [0.717, 1.165) is 6.39 Å². The first-order valence-corrected chi connectivity index (χ1v) is 11.9. The van der Waals surface area contributed by atoms with Crippen molar-refractivity contribution in [1.29, 1.82) is 0 Å². The maximum absolute atomic E-state index is 15.9. The second-order valence-corrected chi connectivity index (χ2v) is 9.73. The molecule has 0 radical (unpaired) electrons. The van der Waals surface area contributed by atoms with E-state index >= 15 is 8.78 Å². The second-order valence-electron chi connectivity index (χ2n) is 9.73. The fourth-order valence-electron chi connectivity index (χ4n) is 5.95. The van der Waals surface area contributed by atoms with Gasteiger partial charge in [-0.3, -0.25) is 20.2 Å². The van der Waals surface area contributed by atoms with Gasteiger partial charge in [-0.15, -0.1) is 0 Å². The van der Waals surface area contributed by atoms with Crippen LogP contribution in [0.4, 0.5) is 23.7 Å². The van der Waals surface area contributed by atoms with Gasteiger partial charge in [0.15, 0.2) is 29.2 Å². The average molecular weight is 526 g/mol. The zero-order valence-corrected chi connectivity index (χ0v) is 20.2. The molecule has 6 rings (SSSR count). The van der Waals surface area contributed by atoms with Crippen LogP contribution < -0.4 is 15.5 Å². The van der Waals surface area contributed by atoms with Gasteiger partial charge < -0.3 is 14.1 Å². The monoisotopic (exact) mass is 526 g/mol. The van der Waals surface area contributed by atoms with Crippen molar-refractivity contribution in [2.24, 2.45) is 5.41 Å². The van der Waals surface area contributed by atoms with E-state index in [2.05, 4.69) is 15.6 Å². The first kappa shape index (κ1) is 24.2. The summed E-state index contributed by atoms with van der Waals surface area (Å²) in [6.45, 7) is 3.45. The molecule has 3 aliphatic heterocycles. The average Bonchev–Trinajstić information content (AvgIpc) is 3.34. The first-order valence-electron chi connectivity index (χ1n) is 11.9. The van der Waals surface area contributed by atoms with Crippen LogP contribution >= 0.6 is 0 Å². The number of rotatable bonds is 2. The molecule has 0 aliphatic carbocycles. The molecule has 9 nitrogen and oxygen atoms in total. The summed E-state index contributed by atoms with van der Waals surface area (Å²) in [6, 6.07) is 4.59. The Morgan fingerprint density at radius 2 is 1.71 bits per heavy atom. The number of carbonyl (C=O) groups excluding carboxylic acids is 3. The molecule has 0 bridgehead atoms. The van der Waals surface area contributed by atoms with Gasteiger partial charge in [0.1, 0.15) is 11.5 Å². The molecule has 196 valence electrons. The number of nitrogens with one attached hydrogen (secondary N) is 2. The minimum absolute atomic E-state index is 0.0666. The SMILES string of the molecule is CC1CN2c3c(cc(-c4ocnc4-c4ccc(F)cc4)c(F)c3F)CC3(C(=O)NC(=O)NC3=O)C2C(C)O1. The number of urea groups is 1. The predicted molar refractivity (Wildman–Crippen MR) is 126 cm³/mol. The summed E-state index contributed by atoms with van der Waals surface area (Å²) < 4.78 is 56.5. The van der Waals surface area contributed by atoms with E-state index in [4.69, 9.17) is 9.15 Å². The number of aromatic nitrogens is 1. The van der Waals surface area contributed by atoms with E-state index in [1.54, 1.807) is 13.8 Å². The molecule has 0 saturated carbocycles. The smallest absolute Gasteiger partial charge is 0.328 e. The molecule has 38 heavy (non-hydrogen) atoms. The van der Waals surface area contributed by atoms with Gasteiger partial charge in [0.05, 0.1) is 29.5 Å². The molecule has 1 spiro atoms. The van der Waals surface area contributed by atoms with Gasteiger partial charge in [-0.1, -0.05) is 0 Å². The Morgan fingerprint density at radius 3 is 2.39 bits per heavy atom. The number of anilines is 1. The first-order chi connectivity index (χ1) is 18.1. The van der Waals surface area contributed by atoms with Crippen molar-refractivity contribution < 1.29 is 36.7 Å². The number of oxazole rings is 1. The highest BCUT2D eigenvalue weighted by Crippen LogP contribution is 2.49. The van der Waals surface area contributed by atoms with Gasteiger partial charge in [0.2, 0.25) is 11.8 Å². The Morgan fingerprint density at radius 1 is 1.03 bits per heavy atom. The number of amides is 4. The standard InChI is InChI=1S/C26H21F3N4O5/c1-11-9-33-20-14(8-26(22(33)12(2)38-11)23(34)31-25(36)32-24(26)35)7-16(17(28)18(20)29)21-19(30-10-37-21)13-3-5-15(27)6-4-13/h3-7,10-12,22H,8-9H2,1-2H3,(H2,31,32,34,35,36). The highest BCUT2D eigenvalue weighted by atomic mass is 19.2. The fourth-order valence-corrected chi connectivity index (χ4v) is 5.95. The Bertz CT molecular complexity index is 1490. The van der Waals surface area contributed by atoms with Crippen LogP contribution in [0.2, 0.25) is 0 Å². The Balaban J connectivity index is 1.56. The fraction of sp³-hybridized carbons (Fsp3) is 0.308. The van der Waals surface area contributed by atoms with Crippen molar-refractivity contribution in [3.63, 3.8) is 0 Å². The van der Waals surface area contributed by atoms with Gasteiger partial charge >= 0.3 is 6.03 Å². The van der Waals surface area contributed by atoms with Crippen molar-refractivity contribution in [2.75, 3.05) is 11.4 Å². The lowest BCUT2D eigenvalue weighted by molar-refractivity contribution is -0.153. The summed E-state index contributed by atoms with van der Waals surface area (Å²) >= 11 is 0. The number of halogens is 3. The number of benzene rings is 2. The quantitative estimate of drug-likeness (QED) is 0.493. The van der Waals surface area contributed by atoms with Crippen molar-refractivity contribution in [3.8, 4) is 22.6 Å². The van der Waals surface area contributed by atoms with Crippen LogP contribution in [0.1, 0.15) is 19.4 Å². The van der Waals surface area contributed by atoms with E-state index in [1.807, 2.05) is 0 Å². The number of nitrogens with zero attached hydrogens (tertiary/aromatic N) is 2. The van der Waals surface area contributed by atoms with Crippen LogP contribution in [0.25, 0.3) is 22.6 Å². The molecule has 1 aromatic heterocycles. The van der Waals surface area contributed by atoms with Gasteiger partial charge in [-0.25, -0.2) is 22.9 Å². The number of imide groups is 2. The third-order valence-electron chi connectivity index (χ3n) is 7.40. The zero-order valence-electron chi connectivity index (χ0n) is 20.2. The molecule has 3 atom stereocenters. The van der Waals surface area contributed by atoms with E-state index < -0.39 is 59.0 Å². The Kier molecular flexibility index (Phi) is 5.35. The van der Waals surface area contributed by atoms with Crippen LogP contribution in [-0.2, 0) is 20.7 Å². The molecular formula is C26H21F3N4O5. The van der Waals surface area contributed by atoms with Crippen LogP contribution in [-0.4, -0.2) is 47.6 Å². The molecule has 12 heteroatoms. The van der Waals surface area contributed by atoms with Gasteiger partial charge in [-0.2, -0.15) is 0 Å². The summed E-state index contributed by atoms with van der Waals surface area (Å²) in [5.41, 5.74) is -1.51. The summed E-state index contributed by atoms with van der Waals surface area (Å²) in [4.78, 5) is 44.1. The van der Waals surface area contributed by atoms with Crippen LogP contribution in [0.3, 0.4) is 0 Å². The second kappa shape index (κ2) is 8.42. The predicted octanol–water partition coefficient (Wildman–Crippen LogP) is 3.32. The van der Waals surface area contributed by atoms with Gasteiger partial charge in [-0.05, 0) is 49.7 Å². The Hall–Kier alpha value is -4.19. The number of morpholine rings is 1. The molecule has 2 aromatic carbocycles. The third-order valence-corrected chi connectivity index (χ3v) is 7.40. The number of barbiturate groups is 1. The molecule has 3 aromatic rings. The van der Waals surface area contributed by atoms with E-state index in [9.17, 15) is 18.8 Å². The number of ether oxygens (including phenoxy) is 1. The van der Waals surface area contributed by atoms with E-state index in [1.165, 1.54) is 35.2 Å². The molecule has 4 amide bonds. The van der Waals surface area contributed by atoms with Gasteiger partial charge in [0, 0.05) is 18.5 Å². The van der Waals surface area contributed by atoms with Crippen LogP contribution in [0.15, 0.2) is 41.1 Å². The summed E-state index contributed by atoms with van der Waals surface area (Å²) in [5.74, 6) is -4.69. The molecule has 3 unspecified atom stereocenters. The van der Waals surface area contributed by atoms with Crippen molar-refractivity contribution in [2.45, 2.75) is 38.5 Å². The topological polar surface area (TPSA) is 114 Å². The molecule has 2 N–H and O–H groups in total. The van der Waals surface area contributed by atoms with Crippen molar-refractivity contribution >= 4 is 23.5 Å². The lowest BCUT2D eigenvalue weighted by Gasteiger charge is -2.55. The number of hydrogen-bond acceptors (Lipinski definition) is 7. The summed E-state index contributed by atoms with van der Waals surface area (Å²) in [6.07, 6.45) is -0.442. The lowest BCUT2D eigenvalue weighted by atomic mass is 9.66. The van der Waals surface area contributed by atoms with Crippen LogP contribution in [0.5, 0.6) is 0 Å². The molecular weight excluding hydrogens is 505 g/mol. The zero-order chi connectivity index (χ0) is 26.9. The highest BCUT2D eigenvalue weighted by Gasteiger charge is 2.63. The maximum atomic E-state index is 15.9. The molecule has 2 fully saturated rings. The maximum Gasteiger partial charge on any atom is 0.328 e. The molecule has 2 saturated heterocycles.